The van der Waals surface area contributed by atoms with Crippen molar-refractivity contribution >= 4 is 27.3 Å². The summed E-state index contributed by atoms with van der Waals surface area (Å²) < 4.78 is 21.5. The van der Waals surface area contributed by atoms with E-state index in [0.717, 1.165) is 0 Å². The van der Waals surface area contributed by atoms with Gasteiger partial charge in [-0.15, -0.1) is 0 Å². The Morgan fingerprint density at radius 1 is 1.39 bits per heavy atom. The zero-order valence-electron chi connectivity index (χ0n) is 9.93. The maximum Gasteiger partial charge on any atom is 0.251 e. The average Bonchev–Trinajstić information content (AvgIpc) is 2.29. The summed E-state index contributed by atoms with van der Waals surface area (Å²) >= 11 is 0. The van der Waals surface area contributed by atoms with Crippen molar-refractivity contribution in [1.29, 1.82) is 0 Å². The number of nitrogens with two attached hydrogens (primary N) is 2. The molecule has 1 rings (SSSR count). The van der Waals surface area contributed by atoms with Gasteiger partial charge < -0.3 is 16.4 Å². The van der Waals surface area contributed by atoms with E-state index < -0.39 is 10.0 Å². The van der Waals surface area contributed by atoms with E-state index in [1.165, 1.54) is 7.05 Å². The van der Waals surface area contributed by atoms with Crippen LogP contribution in [0.3, 0.4) is 0 Å². The van der Waals surface area contributed by atoms with E-state index in [1.54, 1.807) is 18.2 Å². The second-order valence-electron chi connectivity index (χ2n) is 3.67. The molecule has 0 heterocycles. The molecule has 0 bridgehead atoms. The fourth-order valence-electron chi connectivity index (χ4n) is 1.32. The number of rotatable bonds is 5. The molecule has 0 aliphatic carbocycles. The van der Waals surface area contributed by atoms with Crippen molar-refractivity contribution in [2.24, 2.45) is 5.14 Å². The standard InChI is InChI=1S/C10H16N4O3S/c1-13-10(15)7-2-3-8(11)9(6-7)14-4-5-18(12,16)17/h2-3,6,14H,4-5,11H2,1H3,(H,13,15)(H2,12,16,17). The molecule has 0 unspecified atom stereocenters. The summed E-state index contributed by atoms with van der Waals surface area (Å²) in [7, 11) is -2.00. The fourth-order valence-corrected chi connectivity index (χ4v) is 1.71. The Bertz CT molecular complexity index is 542. The molecular weight excluding hydrogens is 256 g/mol. The summed E-state index contributed by atoms with van der Waals surface area (Å²) in [5.74, 6) is -0.458. The molecule has 0 aliphatic rings. The minimum absolute atomic E-state index is 0.125. The van der Waals surface area contributed by atoms with E-state index in [0.29, 0.717) is 16.9 Å². The first-order chi connectivity index (χ1) is 8.33. The molecule has 0 atom stereocenters. The van der Waals surface area contributed by atoms with Crippen molar-refractivity contribution in [3.8, 4) is 0 Å². The number of hydrogen-bond donors (Lipinski definition) is 4. The lowest BCUT2D eigenvalue weighted by molar-refractivity contribution is 0.0963. The van der Waals surface area contributed by atoms with Crippen LogP contribution < -0.4 is 21.5 Å². The van der Waals surface area contributed by atoms with Crippen LogP contribution in [-0.2, 0) is 10.0 Å². The summed E-state index contributed by atoms with van der Waals surface area (Å²) in [6.45, 7) is 0.125. The molecule has 18 heavy (non-hydrogen) atoms. The zero-order valence-corrected chi connectivity index (χ0v) is 10.8. The van der Waals surface area contributed by atoms with Crippen LogP contribution in [0.5, 0.6) is 0 Å². The summed E-state index contributed by atoms with van der Waals surface area (Å²) in [5, 5.41) is 10.2. The van der Waals surface area contributed by atoms with Gasteiger partial charge in [-0.2, -0.15) is 0 Å². The number of primary sulfonamides is 1. The zero-order chi connectivity index (χ0) is 13.8. The van der Waals surface area contributed by atoms with E-state index in [4.69, 9.17) is 10.9 Å². The van der Waals surface area contributed by atoms with Gasteiger partial charge in [-0.1, -0.05) is 0 Å². The van der Waals surface area contributed by atoms with Crippen LogP contribution >= 0.6 is 0 Å². The third-order valence-electron chi connectivity index (χ3n) is 2.24. The summed E-state index contributed by atoms with van der Waals surface area (Å²) in [6.07, 6.45) is 0. The Balaban J connectivity index is 2.79. The Kier molecular flexibility index (Phi) is 4.51. The normalized spacial score (nSPS) is 11.0. The lowest BCUT2D eigenvalue weighted by Crippen LogP contribution is -2.23. The van der Waals surface area contributed by atoms with Gasteiger partial charge in [-0.05, 0) is 18.2 Å². The van der Waals surface area contributed by atoms with Crippen LogP contribution in [0.25, 0.3) is 0 Å². The summed E-state index contributed by atoms with van der Waals surface area (Å²) in [4.78, 5) is 11.4. The van der Waals surface area contributed by atoms with Gasteiger partial charge in [0.05, 0.1) is 17.1 Å². The molecule has 0 saturated carbocycles. The number of amides is 1. The molecule has 0 saturated heterocycles. The largest absolute Gasteiger partial charge is 0.397 e. The summed E-state index contributed by atoms with van der Waals surface area (Å²) in [6, 6.07) is 4.71. The van der Waals surface area contributed by atoms with Gasteiger partial charge in [0.1, 0.15) is 0 Å². The van der Waals surface area contributed by atoms with Crippen molar-refractivity contribution in [3.63, 3.8) is 0 Å². The molecule has 0 fully saturated rings. The number of benzene rings is 1. The Morgan fingerprint density at radius 3 is 2.61 bits per heavy atom. The van der Waals surface area contributed by atoms with Crippen LogP contribution in [0.2, 0.25) is 0 Å². The predicted molar refractivity (Wildman–Crippen MR) is 70.7 cm³/mol. The highest BCUT2D eigenvalue weighted by atomic mass is 32.2. The monoisotopic (exact) mass is 272 g/mol. The van der Waals surface area contributed by atoms with Crippen molar-refractivity contribution < 1.29 is 13.2 Å². The van der Waals surface area contributed by atoms with Crippen LogP contribution in [0, 0.1) is 0 Å². The predicted octanol–water partition coefficient (Wildman–Crippen LogP) is -0.671. The number of nitrogens with one attached hydrogen (secondary N) is 2. The number of hydrogen-bond acceptors (Lipinski definition) is 5. The van der Waals surface area contributed by atoms with E-state index in [9.17, 15) is 13.2 Å². The maximum absolute atomic E-state index is 11.4. The van der Waals surface area contributed by atoms with Gasteiger partial charge in [-0.3, -0.25) is 4.79 Å². The lowest BCUT2D eigenvalue weighted by atomic mass is 10.1. The minimum Gasteiger partial charge on any atom is -0.397 e. The molecule has 6 N–H and O–H groups in total. The van der Waals surface area contributed by atoms with Gasteiger partial charge in [0.25, 0.3) is 5.91 Å². The molecule has 0 spiro atoms. The Labute approximate surface area is 106 Å². The second-order valence-corrected chi connectivity index (χ2v) is 5.41. The molecular formula is C10H16N4O3S. The van der Waals surface area contributed by atoms with Crippen molar-refractivity contribution in [1.82, 2.24) is 5.32 Å². The molecule has 7 nitrogen and oxygen atoms in total. The van der Waals surface area contributed by atoms with Crippen molar-refractivity contribution in [2.75, 3.05) is 30.4 Å². The average molecular weight is 272 g/mol. The quantitative estimate of drug-likeness (QED) is 0.528. The second kappa shape index (κ2) is 5.69. The van der Waals surface area contributed by atoms with E-state index in [2.05, 4.69) is 10.6 Å². The highest BCUT2D eigenvalue weighted by molar-refractivity contribution is 7.89. The number of anilines is 2. The van der Waals surface area contributed by atoms with Gasteiger partial charge in [0, 0.05) is 19.2 Å². The van der Waals surface area contributed by atoms with Crippen LogP contribution in [0.4, 0.5) is 11.4 Å². The molecule has 100 valence electrons. The third-order valence-corrected chi connectivity index (χ3v) is 3.02. The van der Waals surface area contributed by atoms with Crippen LogP contribution in [0.15, 0.2) is 18.2 Å². The van der Waals surface area contributed by atoms with Crippen molar-refractivity contribution in [3.05, 3.63) is 23.8 Å². The third kappa shape index (κ3) is 4.22. The smallest absolute Gasteiger partial charge is 0.251 e. The molecule has 8 heteroatoms. The van der Waals surface area contributed by atoms with Crippen LogP contribution in [-0.4, -0.2) is 33.7 Å². The first-order valence-corrected chi connectivity index (χ1v) is 6.91. The first kappa shape index (κ1) is 14.3. The molecule has 0 radical (unpaired) electrons. The van der Waals surface area contributed by atoms with Gasteiger partial charge >= 0.3 is 0 Å². The molecule has 1 aromatic carbocycles. The van der Waals surface area contributed by atoms with Gasteiger partial charge in [0.15, 0.2) is 0 Å². The van der Waals surface area contributed by atoms with E-state index in [1.807, 2.05) is 0 Å². The minimum atomic E-state index is -3.52. The number of nitrogen functional groups attached to an aromatic ring is 1. The summed E-state index contributed by atoms with van der Waals surface area (Å²) in [5.41, 5.74) is 7.07. The van der Waals surface area contributed by atoms with E-state index >= 15 is 0 Å². The van der Waals surface area contributed by atoms with Crippen molar-refractivity contribution in [2.45, 2.75) is 0 Å². The molecule has 1 aromatic rings. The maximum atomic E-state index is 11.4. The first-order valence-electron chi connectivity index (χ1n) is 5.19. The Morgan fingerprint density at radius 2 is 2.06 bits per heavy atom. The molecule has 0 aromatic heterocycles. The highest BCUT2D eigenvalue weighted by Crippen LogP contribution is 2.19. The highest BCUT2D eigenvalue weighted by Gasteiger charge is 2.07. The lowest BCUT2D eigenvalue weighted by Gasteiger charge is -2.10. The van der Waals surface area contributed by atoms with Gasteiger partial charge in [0.2, 0.25) is 10.0 Å². The number of carbonyl (C=O) groups is 1. The topological polar surface area (TPSA) is 127 Å². The Hall–Kier alpha value is -1.80. The fraction of sp³-hybridized carbons (Fsp3) is 0.300. The number of sulfonamides is 1. The SMILES string of the molecule is CNC(=O)c1ccc(N)c(NCCS(N)(=O)=O)c1. The molecule has 0 aliphatic heterocycles. The van der Waals surface area contributed by atoms with E-state index in [-0.39, 0.29) is 18.2 Å². The van der Waals surface area contributed by atoms with Crippen LogP contribution in [0.1, 0.15) is 10.4 Å². The van der Waals surface area contributed by atoms with Gasteiger partial charge in [-0.25, -0.2) is 13.6 Å². The molecule has 1 amide bonds. The number of carbonyl (C=O) groups excluding carboxylic acids is 1.